The first kappa shape index (κ1) is 44.7. The molecule has 0 spiro atoms. The Morgan fingerprint density at radius 2 is 1.06 bits per heavy atom. The fraction of sp³-hybridized carbons (Fsp3) is 0.500. The van der Waals surface area contributed by atoms with Crippen molar-refractivity contribution in [2.75, 3.05) is 0 Å². The molecule has 16 nitrogen and oxygen atoms in total. The minimum absolute atomic E-state index is 0.0129. The fourth-order valence-electron chi connectivity index (χ4n) is 5.49. The van der Waals surface area contributed by atoms with Crippen LogP contribution in [-0.4, -0.2) is 87.9 Å². The molecule has 6 amide bonds. The molecule has 2 aromatic carbocycles. The molecule has 0 fully saturated rings. The van der Waals surface area contributed by atoms with Gasteiger partial charge in [-0.05, 0) is 67.7 Å². The second kappa shape index (κ2) is 21.9. The molecule has 0 saturated carbocycles. The number of phenolic OH excluding ortho intramolecular Hbond substituents is 1. The van der Waals surface area contributed by atoms with Gasteiger partial charge in [-0.15, -0.1) is 0 Å². The standard InChI is InChI=1S/C38H55N7O9/c1-21(2)17-29(43-34(49)27(39)19-24-9-7-6-8-10-24)37(52)44-30(18-22(3)4)36(51)42-28(15-16-32(40)47)35(50)41-23(5)33(48)45-31(38(53)54)20-25-11-13-26(46)14-12-25/h6-14,21-23,27-31,46H,15-20,39H2,1-5H3,(H2,40,47)(H,41,50)(H,42,51)(H,43,49)(H,44,52)(H,45,48)(H,53,54)/t23-,27-,28-,29-,30-,31-/m0/s1. The molecule has 54 heavy (non-hydrogen) atoms. The van der Waals surface area contributed by atoms with Crippen LogP contribution in [0, 0.1) is 11.8 Å². The lowest BCUT2D eigenvalue weighted by Gasteiger charge is -2.27. The highest BCUT2D eigenvalue weighted by molar-refractivity contribution is 5.96. The SMILES string of the molecule is CC(C)C[C@H](NC(=O)[C@H](CC(C)C)NC(=O)[C@@H](N)Cc1ccccc1)C(=O)N[C@@H](CCC(N)=O)C(=O)N[C@@H](C)C(=O)N[C@@H](Cc1ccc(O)cc1)C(=O)O. The molecule has 0 aliphatic carbocycles. The Morgan fingerprint density at radius 1 is 0.593 bits per heavy atom. The molecule has 0 radical (unpaired) electrons. The number of rotatable bonds is 22. The summed E-state index contributed by atoms with van der Waals surface area (Å²) < 4.78 is 0. The molecule has 0 unspecified atom stereocenters. The lowest BCUT2D eigenvalue weighted by Crippen LogP contribution is -2.59. The Bertz CT molecular complexity index is 1590. The number of aliphatic carboxylic acids is 1. The van der Waals surface area contributed by atoms with Gasteiger partial charge in [0.25, 0.3) is 0 Å². The van der Waals surface area contributed by atoms with E-state index in [0.717, 1.165) is 5.56 Å². The number of nitrogens with one attached hydrogen (secondary N) is 5. The summed E-state index contributed by atoms with van der Waals surface area (Å²) in [5.74, 6) is -5.84. The molecule has 2 aromatic rings. The van der Waals surface area contributed by atoms with E-state index in [4.69, 9.17) is 11.5 Å². The topological polar surface area (TPSA) is 272 Å². The van der Waals surface area contributed by atoms with Gasteiger partial charge in [0.2, 0.25) is 35.4 Å². The number of primary amides is 1. The second-order valence-electron chi connectivity index (χ2n) is 14.2. The zero-order chi connectivity index (χ0) is 40.5. The molecule has 2 rings (SSSR count). The summed E-state index contributed by atoms with van der Waals surface area (Å²) >= 11 is 0. The molecule has 0 aliphatic heterocycles. The highest BCUT2D eigenvalue weighted by Crippen LogP contribution is 2.13. The number of carbonyl (C=O) groups excluding carboxylic acids is 6. The first-order valence-electron chi connectivity index (χ1n) is 18.0. The fourth-order valence-corrected chi connectivity index (χ4v) is 5.49. The average molecular weight is 754 g/mol. The maximum absolute atomic E-state index is 13.7. The molecule has 296 valence electrons. The van der Waals surface area contributed by atoms with Crippen LogP contribution in [0.15, 0.2) is 54.6 Å². The first-order chi connectivity index (χ1) is 25.4. The number of hydrogen-bond donors (Lipinski definition) is 9. The lowest BCUT2D eigenvalue weighted by molar-refractivity contribution is -0.142. The molecule has 0 saturated heterocycles. The van der Waals surface area contributed by atoms with Crippen molar-refractivity contribution in [3.8, 4) is 5.75 Å². The number of phenols is 1. The largest absolute Gasteiger partial charge is 0.508 e. The van der Waals surface area contributed by atoms with Crippen LogP contribution < -0.4 is 38.1 Å². The van der Waals surface area contributed by atoms with Gasteiger partial charge in [-0.2, -0.15) is 0 Å². The van der Waals surface area contributed by atoms with Gasteiger partial charge in [0, 0.05) is 12.8 Å². The van der Waals surface area contributed by atoms with E-state index in [2.05, 4.69) is 26.6 Å². The molecule has 0 heterocycles. The van der Waals surface area contributed by atoms with Crippen LogP contribution in [0.5, 0.6) is 5.75 Å². The van der Waals surface area contributed by atoms with E-state index in [1.54, 1.807) is 0 Å². The monoisotopic (exact) mass is 753 g/mol. The minimum atomic E-state index is -1.37. The van der Waals surface area contributed by atoms with Gasteiger partial charge in [0.15, 0.2) is 0 Å². The predicted octanol–water partition coefficient (Wildman–Crippen LogP) is 0.391. The van der Waals surface area contributed by atoms with E-state index in [9.17, 15) is 43.8 Å². The van der Waals surface area contributed by atoms with Crippen LogP contribution in [0.2, 0.25) is 0 Å². The Labute approximate surface area is 315 Å². The molecular formula is C38H55N7O9. The summed E-state index contributed by atoms with van der Waals surface area (Å²) in [5, 5.41) is 32.0. The second-order valence-corrected chi connectivity index (χ2v) is 14.2. The molecule has 0 bridgehead atoms. The Kier molecular flexibility index (Phi) is 18.1. The van der Waals surface area contributed by atoms with Gasteiger partial charge in [-0.3, -0.25) is 28.8 Å². The number of hydrogen-bond acceptors (Lipinski definition) is 9. The van der Waals surface area contributed by atoms with Crippen LogP contribution in [0.3, 0.4) is 0 Å². The van der Waals surface area contributed by atoms with Gasteiger partial charge in [-0.1, -0.05) is 70.2 Å². The minimum Gasteiger partial charge on any atom is -0.508 e. The van der Waals surface area contributed by atoms with Gasteiger partial charge in [0.05, 0.1) is 6.04 Å². The van der Waals surface area contributed by atoms with Crippen LogP contribution >= 0.6 is 0 Å². The predicted molar refractivity (Wildman–Crippen MR) is 200 cm³/mol. The average Bonchev–Trinajstić information content (AvgIpc) is 3.09. The van der Waals surface area contributed by atoms with Gasteiger partial charge >= 0.3 is 5.97 Å². The molecular weight excluding hydrogens is 698 g/mol. The molecule has 6 atom stereocenters. The Hall–Kier alpha value is -5.51. The van der Waals surface area contributed by atoms with Gasteiger partial charge in [0.1, 0.15) is 36.0 Å². The van der Waals surface area contributed by atoms with E-state index in [1.807, 2.05) is 58.0 Å². The van der Waals surface area contributed by atoms with E-state index in [-0.39, 0.29) is 56.1 Å². The van der Waals surface area contributed by atoms with Crippen molar-refractivity contribution >= 4 is 41.4 Å². The van der Waals surface area contributed by atoms with Gasteiger partial charge < -0.3 is 48.3 Å². The Morgan fingerprint density at radius 3 is 1.56 bits per heavy atom. The number of aromatic hydroxyl groups is 1. The lowest BCUT2D eigenvalue weighted by atomic mass is 9.99. The van der Waals surface area contributed by atoms with Crippen molar-refractivity contribution in [1.82, 2.24) is 26.6 Å². The third kappa shape index (κ3) is 16.0. The quantitative estimate of drug-likeness (QED) is 0.0798. The normalized spacial score (nSPS) is 14.4. The van der Waals surface area contributed by atoms with Crippen LogP contribution in [0.4, 0.5) is 0 Å². The van der Waals surface area contributed by atoms with Crippen LogP contribution in [0.25, 0.3) is 0 Å². The number of benzene rings is 2. The smallest absolute Gasteiger partial charge is 0.326 e. The third-order valence-corrected chi connectivity index (χ3v) is 8.37. The molecule has 0 aromatic heterocycles. The first-order valence-corrected chi connectivity index (χ1v) is 18.0. The maximum atomic E-state index is 13.7. The van der Waals surface area contributed by atoms with E-state index in [1.165, 1.54) is 31.2 Å². The van der Waals surface area contributed by atoms with E-state index in [0.29, 0.717) is 5.56 Å². The van der Waals surface area contributed by atoms with Crippen molar-refractivity contribution in [2.24, 2.45) is 23.3 Å². The van der Waals surface area contributed by atoms with E-state index < -0.39 is 77.7 Å². The molecule has 11 N–H and O–H groups in total. The van der Waals surface area contributed by atoms with Crippen molar-refractivity contribution in [2.45, 2.75) is 109 Å². The number of amides is 6. The zero-order valence-electron chi connectivity index (χ0n) is 31.5. The van der Waals surface area contributed by atoms with Crippen LogP contribution in [0.1, 0.15) is 71.4 Å². The van der Waals surface area contributed by atoms with Crippen molar-refractivity contribution < 1.29 is 43.8 Å². The number of carboxylic acids is 1. The Balaban J connectivity index is 2.17. The summed E-state index contributed by atoms with van der Waals surface area (Å²) in [5.41, 5.74) is 12.9. The van der Waals surface area contributed by atoms with Crippen molar-refractivity contribution in [3.05, 3.63) is 65.7 Å². The zero-order valence-corrected chi connectivity index (χ0v) is 31.5. The summed E-state index contributed by atoms with van der Waals surface area (Å²) in [6.07, 6.45) is -0.0193. The summed E-state index contributed by atoms with van der Waals surface area (Å²) in [6.45, 7) is 8.71. The summed E-state index contributed by atoms with van der Waals surface area (Å²) in [4.78, 5) is 90.3. The van der Waals surface area contributed by atoms with E-state index >= 15 is 0 Å². The highest BCUT2D eigenvalue weighted by atomic mass is 16.4. The molecule has 16 heteroatoms. The number of carboxylic acid groups (broad SMARTS) is 1. The maximum Gasteiger partial charge on any atom is 0.326 e. The number of nitrogens with two attached hydrogens (primary N) is 2. The third-order valence-electron chi connectivity index (χ3n) is 8.37. The molecule has 0 aliphatic rings. The summed E-state index contributed by atoms with van der Waals surface area (Å²) in [7, 11) is 0. The van der Waals surface area contributed by atoms with Gasteiger partial charge in [-0.25, -0.2) is 4.79 Å². The van der Waals surface area contributed by atoms with Crippen molar-refractivity contribution in [1.29, 1.82) is 0 Å². The summed E-state index contributed by atoms with van der Waals surface area (Å²) in [6, 6.07) is 7.80. The highest BCUT2D eigenvalue weighted by Gasteiger charge is 2.33. The number of carbonyl (C=O) groups is 7. The van der Waals surface area contributed by atoms with Crippen LogP contribution in [-0.2, 0) is 46.4 Å². The van der Waals surface area contributed by atoms with Crippen molar-refractivity contribution in [3.63, 3.8) is 0 Å².